The largest absolute Gasteiger partial charge is 0.496 e. The molecule has 0 aromatic heterocycles. The van der Waals surface area contributed by atoms with Gasteiger partial charge >= 0.3 is 0 Å². The van der Waals surface area contributed by atoms with Crippen molar-refractivity contribution < 1.29 is 14.4 Å². The maximum absolute atomic E-state index is 11.4. The van der Waals surface area contributed by atoms with E-state index in [9.17, 15) is 10.1 Å². The van der Waals surface area contributed by atoms with Gasteiger partial charge in [0.2, 0.25) is 0 Å². The van der Waals surface area contributed by atoms with Crippen molar-refractivity contribution >= 4 is 28.7 Å². The smallest absolute Gasteiger partial charge is 0.296 e. The Labute approximate surface area is 128 Å². The SMILES string of the molecule is COc1ccc(N2C(=S)NCCC2(C)OC)c([N+](=O)[O-])c1. The third-order valence-corrected chi connectivity index (χ3v) is 3.93. The average molecular weight is 311 g/mol. The van der Waals surface area contributed by atoms with Gasteiger partial charge in [0.15, 0.2) is 5.11 Å². The van der Waals surface area contributed by atoms with E-state index >= 15 is 0 Å². The van der Waals surface area contributed by atoms with Crippen LogP contribution in [0, 0.1) is 10.1 Å². The minimum absolute atomic E-state index is 0.0799. The highest BCUT2D eigenvalue weighted by Gasteiger charge is 2.40. The van der Waals surface area contributed by atoms with Crippen molar-refractivity contribution in [2.75, 3.05) is 25.7 Å². The first-order chi connectivity index (χ1) is 9.92. The van der Waals surface area contributed by atoms with E-state index in [2.05, 4.69) is 5.32 Å². The van der Waals surface area contributed by atoms with Gasteiger partial charge in [-0.05, 0) is 31.3 Å². The lowest BCUT2D eigenvalue weighted by atomic mass is 10.1. The number of ether oxygens (including phenoxy) is 2. The zero-order valence-electron chi connectivity index (χ0n) is 12.1. The molecule has 1 unspecified atom stereocenters. The van der Waals surface area contributed by atoms with Gasteiger partial charge < -0.3 is 14.8 Å². The molecule has 1 aromatic rings. The van der Waals surface area contributed by atoms with Crippen LogP contribution in [-0.4, -0.2) is 36.5 Å². The molecule has 21 heavy (non-hydrogen) atoms. The molecule has 8 heteroatoms. The van der Waals surface area contributed by atoms with Crippen LogP contribution in [0.25, 0.3) is 0 Å². The van der Waals surface area contributed by atoms with Crippen molar-refractivity contribution in [3.8, 4) is 5.75 Å². The predicted octanol–water partition coefficient (Wildman–Crippen LogP) is 2.05. The lowest BCUT2D eigenvalue weighted by Crippen LogP contribution is -2.60. The summed E-state index contributed by atoms with van der Waals surface area (Å²) in [5, 5.41) is 14.8. The maximum atomic E-state index is 11.4. The van der Waals surface area contributed by atoms with E-state index in [0.717, 1.165) is 0 Å². The number of hydrogen-bond donors (Lipinski definition) is 1. The van der Waals surface area contributed by atoms with Crippen LogP contribution in [0.1, 0.15) is 13.3 Å². The summed E-state index contributed by atoms with van der Waals surface area (Å²) in [4.78, 5) is 12.5. The van der Waals surface area contributed by atoms with E-state index in [4.69, 9.17) is 21.7 Å². The third kappa shape index (κ3) is 2.77. The minimum Gasteiger partial charge on any atom is -0.496 e. The number of nitrogens with zero attached hydrogens (tertiary/aromatic N) is 2. The van der Waals surface area contributed by atoms with Crippen molar-refractivity contribution in [1.82, 2.24) is 5.32 Å². The summed E-state index contributed by atoms with van der Waals surface area (Å²) in [6.45, 7) is 2.51. The highest BCUT2D eigenvalue weighted by molar-refractivity contribution is 7.80. The number of nitro benzene ring substituents is 1. The second kappa shape index (κ2) is 5.82. The van der Waals surface area contributed by atoms with Crippen molar-refractivity contribution in [3.63, 3.8) is 0 Å². The molecular weight excluding hydrogens is 294 g/mol. The Hall–Kier alpha value is -1.93. The lowest BCUT2D eigenvalue weighted by molar-refractivity contribution is -0.384. The molecule has 1 atom stereocenters. The normalized spacial score (nSPS) is 21.9. The topological polar surface area (TPSA) is 76.9 Å². The molecular formula is C13H17N3O4S. The van der Waals surface area contributed by atoms with Gasteiger partial charge in [0.25, 0.3) is 5.69 Å². The Balaban J connectivity index is 2.57. The highest BCUT2D eigenvalue weighted by Crippen LogP contribution is 2.38. The molecule has 1 aliphatic rings. The Kier molecular flexibility index (Phi) is 4.29. The van der Waals surface area contributed by atoms with Gasteiger partial charge in [-0.2, -0.15) is 0 Å². The molecule has 1 fully saturated rings. The van der Waals surface area contributed by atoms with Crippen molar-refractivity contribution in [2.24, 2.45) is 0 Å². The van der Waals surface area contributed by atoms with Crippen LogP contribution in [0.15, 0.2) is 18.2 Å². The van der Waals surface area contributed by atoms with E-state index in [1.807, 2.05) is 6.92 Å². The third-order valence-electron chi connectivity index (χ3n) is 3.60. The lowest BCUT2D eigenvalue weighted by Gasteiger charge is -2.44. The molecule has 0 spiro atoms. The number of anilines is 1. The minimum atomic E-state index is -0.734. The fraction of sp³-hybridized carbons (Fsp3) is 0.462. The number of benzene rings is 1. The average Bonchev–Trinajstić information content (AvgIpc) is 2.47. The standard InChI is InChI=1S/C13H17N3O4S/c1-13(20-3)6-7-14-12(21)15(13)10-5-4-9(19-2)8-11(10)16(17)18/h4-5,8H,6-7H2,1-3H3,(H,14,21). The molecule has 1 heterocycles. The molecule has 1 aromatic carbocycles. The Morgan fingerprint density at radius 3 is 2.76 bits per heavy atom. The number of nitrogens with one attached hydrogen (secondary N) is 1. The van der Waals surface area contributed by atoms with E-state index in [0.29, 0.717) is 29.5 Å². The van der Waals surface area contributed by atoms with Crippen LogP contribution < -0.4 is 15.0 Å². The van der Waals surface area contributed by atoms with Crippen LogP contribution in [0.4, 0.5) is 11.4 Å². The van der Waals surface area contributed by atoms with Crippen LogP contribution in [0.2, 0.25) is 0 Å². The Bertz CT molecular complexity index is 581. The van der Waals surface area contributed by atoms with Crippen LogP contribution in [0.5, 0.6) is 5.75 Å². The van der Waals surface area contributed by atoms with Gasteiger partial charge in [0.1, 0.15) is 17.2 Å². The molecule has 0 bridgehead atoms. The molecule has 7 nitrogen and oxygen atoms in total. The monoisotopic (exact) mass is 311 g/mol. The van der Waals surface area contributed by atoms with Crippen molar-refractivity contribution in [2.45, 2.75) is 19.1 Å². The maximum Gasteiger partial charge on any atom is 0.296 e. The van der Waals surface area contributed by atoms with E-state index in [1.165, 1.54) is 13.2 Å². The zero-order chi connectivity index (χ0) is 15.6. The first-order valence-electron chi connectivity index (χ1n) is 6.38. The zero-order valence-corrected chi connectivity index (χ0v) is 12.9. The van der Waals surface area contributed by atoms with Gasteiger partial charge in [-0.1, -0.05) is 0 Å². The molecule has 0 amide bonds. The Morgan fingerprint density at radius 1 is 1.48 bits per heavy atom. The number of hydrogen-bond acceptors (Lipinski definition) is 5. The second-order valence-electron chi connectivity index (χ2n) is 4.81. The number of thiocarbonyl (C=S) groups is 1. The summed E-state index contributed by atoms with van der Waals surface area (Å²) in [5.74, 6) is 0.417. The predicted molar refractivity (Wildman–Crippen MR) is 82.8 cm³/mol. The van der Waals surface area contributed by atoms with Crippen molar-refractivity contribution in [1.29, 1.82) is 0 Å². The van der Waals surface area contributed by atoms with Gasteiger partial charge in [0.05, 0.1) is 18.1 Å². The first kappa shape index (κ1) is 15.5. The molecule has 1 saturated heterocycles. The summed E-state index contributed by atoms with van der Waals surface area (Å²) in [5.41, 5.74) is -0.437. The van der Waals surface area contributed by atoms with Gasteiger partial charge in [0, 0.05) is 20.1 Å². The van der Waals surface area contributed by atoms with E-state index in [1.54, 1.807) is 24.1 Å². The summed E-state index contributed by atoms with van der Waals surface area (Å²) in [6, 6.07) is 4.66. The highest BCUT2D eigenvalue weighted by atomic mass is 32.1. The Morgan fingerprint density at radius 2 is 2.19 bits per heavy atom. The van der Waals surface area contributed by atoms with Gasteiger partial charge in [-0.25, -0.2) is 0 Å². The molecule has 1 aliphatic heterocycles. The van der Waals surface area contributed by atoms with Gasteiger partial charge in [-0.15, -0.1) is 0 Å². The fourth-order valence-corrected chi connectivity index (χ4v) is 2.72. The summed E-state index contributed by atoms with van der Waals surface area (Å²) >= 11 is 5.31. The molecule has 2 rings (SSSR count). The van der Waals surface area contributed by atoms with Crippen molar-refractivity contribution in [3.05, 3.63) is 28.3 Å². The molecule has 0 radical (unpaired) electrons. The second-order valence-corrected chi connectivity index (χ2v) is 5.19. The number of rotatable bonds is 4. The fourth-order valence-electron chi connectivity index (χ4n) is 2.33. The summed E-state index contributed by atoms with van der Waals surface area (Å²) < 4.78 is 10.6. The van der Waals surface area contributed by atoms with Crippen LogP contribution >= 0.6 is 12.2 Å². The molecule has 1 N–H and O–H groups in total. The molecule has 0 saturated carbocycles. The van der Waals surface area contributed by atoms with Gasteiger partial charge in [-0.3, -0.25) is 15.0 Å². The molecule has 114 valence electrons. The number of methoxy groups -OCH3 is 2. The van der Waals surface area contributed by atoms with E-state index < -0.39 is 10.6 Å². The molecule has 0 aliphatic carbocycles. The quantitative estimate of drug-likeness (QED) is 0.518. The first-order valence-corrected chi connectivity index (χ1v) is 6.79. The van der Waals surface area contributed by atoms with E-state index in [-0.39, 0.29) is 5.69 Å². The van der Waals surface area contributed by atoms with Crippen LogP contribution in [0.3, 0.4) is 0 Å². The number of nitro groups is 1. The summed E-state index contributed by atoms with van der Waals surface area (Å²) in [6.07, 6.45) is 0.646. The van der Waals surface area contributed by atoms with Crippen LogP contribution in [-0.2, 0) is 4.74 Å². The summed E-state index contributed by atoms with van der Waals surface area (Å²) in [7, 11) is 3.03.